The molecule has 2 aliphatic heterocycles. The second-order valence-electron chi connectivity index (χ2n) is 10.1. The molecule has 4 nitrogen and oxygen atoms in total. The number of nitrogens with one attached hydrogen (secondary N) is 1. The van der Waals surface area contributed by atoms with Crippen LogP contribution in [0.2, 0.25) is 0 Å². The van der Waals surface area contributed by atoms with E-state index in [4.69, 9.17) is 4.74 Å². The SMILES string of the molecule is CC(Oc1ccc(CC2c3ccc(O)cc3CCN2c2ccc(C(F)(F)F)cc2)cc1)C1CCCCN1. The third-order valence-electron chi connectivity index (χ3n) is 7.60. The molecule has 0 bridgehead atoms. The molecule has 37 heavy (non-hydrogen) atoms. The maximum absolute atomic E-state index is 13.1. The summed E-state index contributed by atoms with van der Waals surface area (Å²) in [5.41, 5.74) is 3.37. The first-order valence-corrected chi connectivity index (χ1v) is 13.0. The zero-order chi connectivity index (χ0) is 26.0. The van der Waals surface area contributed by atoms with Crippen LogP contribution in [0.5, 0.6) is 11.5 Å². The molecular formula is C30H33F3N2O2. The number of phenols is 1. The van der Waals surface area contributed by atoms with E-state index in [9.17, 15) is 18.3 Å². The minimum Gasteiger partial charge on any atom is -0.508 e. The maximum atomic E-state index is 13.1. The molecule has 0 saturated carbocycles. The summed E-state index contributed by atoms with van der Waals surface area (Å²) in [7, 11) is 0. The van der Waals surface area contributed by atoms with Gasteiger partial charge in [-0.15, -0.1) is 0 Å². The number of aromatic hydroxyl groups is 1. The number of anilines is 1. The van der Waals surface area contributed by atoms with Gasteiger partial charge in [0.1, 0.15) is 17.6 Å². The molecule has 196 valence electrons. The summed E-state index contributed by atoms with van der Waals surface area (Å²) in [5, 5.41) is 13.6. The fourth-order valence-electron chi connectivity index (χ4n) is 5.57. The van der Waals surface area contributed by atoms with Gasteiger partial charge in [0, 0.05) is 18.3 Å². The molecule has 0 aliphatic carbocycles. The molecule has 3 aromatic rings. The Bertz CT molecular complexity index is 1190. The van der Waals surface area contributed by atoms with Crippen molar-refractivity contribution in [1.82, 2.24) is 5.32 Å². The van der Waals surface area contributed by atoms with E-state index in [0.717, 1.165) is 53.2 Å². The predicted octanol–water partition coefficient (Wildman–Crippen LogP) is 6.67. The van der Waals surface area contributed by atoms with E-state index in [-0.39, 0.29) is 17.9 Å². The second kappa shape index (κ2) is 10.7. The van der Waals surface area contributed by atoms with Gasteiger partial charge in [-0.1, -0.05) is 24.6 Å². The van der Waals surface area contributed by atoms with Gasteiger partial charge >= 0.3 is 6.18 Å². The molecule has 1 fully saturated rings. The highest BCUT2D eigenvalue weighted by Crippen LogP contribution is 2.39. The van der Waals surface area contributed by atoms with Gasteiger partial charge in [-0.2, -0.15) is 13.2 Å². The van der Waals surface area contributed by atoms with E-state index < -0.39 is 11.7 Å². The van der Waals surface area contributed by atoms with Crippen molar-refractivity contribution in [3.63, 3.8) is 0 Å². The fourth-order valence-corrected chi connectivity index (χ4v) is 5.57. The van der Waals surface area contributed by atoms with E-state index in [1.165, 1.54) is 12.8 Å². The first-order valence-electron chi connectivity index (χ1n) is 13.0. The first kappa shape index (κ1) is 25.5. The Balaban J connectivity index is 1.36. The molecule has 2 aliphatic rings. The number of piperidine rings is 1. The topological polar surface area (TPSA) is 44.7 Å². The molecule has 0 amide bonds. The average molecular weight is 511 g/mol. The van der Waals surface area contributed by atoms with Gasteiger partial charge in [0.05, 0.1) is 11.6 Å². The van der Waals surface area contributed by atoms with Crippen molar-refractivity contribution in [2.45, 2.75) is 63.4 Å². The van der Waals surface area contributed by atoms with Crippen LogP contribution in [0.25, 0.3) is 0 Å². The summed E-state index contributed by atoms with van der Waals surface area (Å²) >= 11 is 0. The lowest BCUT2D eigenvalue weighted by molar-refractivity contribution is -0.137. The summed E-state index contributed by atoms with van der Waals surface area (Å²) in [6.07, 6.45) is 0.666. The molecule has 3 atom stereocenters. The van der Waals surface area contributed by atoms with Gasteiger partial charge in [0.25, 0.3) is 0 Å². The highest BCUT2D eigenvalue weighted by atomic mass is 19.4. The van der Waals surface area contributed by atoms with Crippen molar-refractivity contribution in [2.75, 3.05) is 18.0 Å². The Labute approximate surface area is 216 Å². The Hall–Kier alpha value is -3.19. The number of alkyl halides is 3. The third kappa shape index (κ3) is 5.87. The van der Waals surface area contributed by atoms with Crippen LogP contribution in [-0.2, 0) is 19.0 Å². The molecule has 2 N–H and O–H groups in total. The zero-order valence-electron chi connectivity index (χ0n) is 21.0. The van der Waals surface area contributed by atoms with Gasteiger partial charge in [0.15, 0.2) is 0 Å². The maximum Gasteiger partial charge on any atom is 0.416 e. The van der Waals surface area contributed by atoms with E-state index >= 15 is 0 Å². The van der Waals surface area contributed by atoms with Crippen LogP contribution in [0.4, 0.5) is 18.9 Å². The van der Waals surface area contributed by atoms with Crippen LogP contribution in [0.1, 0.15) is 54.5 Å². The van der Waals surface area contributed by atoms with Crippen LogP contribution in [0.3, 0.4) is 0 Å². The number of nitrogens with zero attached hydrogens (tertiary/aromatic N) is 1. The molecule has 0 aromatic heterocycles. The number of hydrogen-bond donors (Lipinski definition) is 2. The summed E-state index contributed by atoms with van der Waals surface area (Å²) in [6.45, 7) is 3.79. The lowest BCUT2D eigenvalue weighted by Crippen LogP contribution is -2.44. The van der Waals surface area contributed by atoms with Gasteiger partial charge in [0.2, 0.25) is 0 Å². The minimum atomic E-state index is -4.36. The Morgan fingerprint density at radius 1 is 1.03 bits per heavy atom. The lowest BCUT2D eigenvalue weighted by atomic mass is 9.88. The van der Waals surface area contributed by atoms with Crippen molar-refractivity contribution >= 4 is 5.69 Å². The number of halogens is 3. The van der Waals surface area contributed by atoms with E-state index in [2.05, 4.69) is 29.3 Å². The minimum absolute atomic E-state index is 0.0711. The summed E-state index contributed by atoms with van der Waals surface area (Å²) in [4.78, 5) is 2.17. The van der Waals surface area contributed by atoms with E-state index in [0.29, 0.717) is 25.4 Å². The summed E-state index contributed by atoms with van der Waals surface area (Å²) in [6, 6.07) is 19.2. The smallest absolute Gasteiger partial charge is 0.416 e. The van der Waals surface area contributed by atoms with Crippen molar-refractivity contribution in [1.29, 1.82) is 0 Å². The third-order valence-corrected chi connectivity index (χ3v) is 7.60. The highest BCUT2D eigenvalue weighted by Gasteiger charge is 2.32. The zero-order valence-corrected chi connectivity index (χ0v) is 21.0. The van der Waals surface area contributed by atoms with Gasteiger partial charge in [-0.25, -0.2) is 0 Å². The molecule has 1 saturated heterocycles. The van der Waals surface area contributed by atoms with Gasteiger partial charge in [-0.05, 0) is 104 Å². The Kier molecular flexibility index (Phi) is 7.33. The lowest BCUT2D eigenvalue weighted by Gasteiger charge is -2.39. The molecule has 7 heteroatoms. The number of hydrogen-bond acceptors (Lipinski definition) is 4. The first-order chi connectivity index (χ1) is 17.8. The molecule has 3 unspecified atom stereocenters. The second-order valence-corrected chi connectivity index (χ2v) is 10.1. The van der Waals surface area contributed by atoms with Crippen molar-refractivity contribution in [3.8, 4) is 11.5 Å². The highest BCUT2D eigenvalue weighted by molar-refractivity contribution is 5.54. The predicted molar refractivity (Wildman–Crippen MR) is 139 cm³/mol. The Morgan fingerprint density at radius 2 is 1.78 bits per heavy atom. The number of phenolic OH excluding ortho intramolecular Hbond substituents is 1. The van der Waals surface area contributed by atoms with Crippen LogP contribution in [0, 0.1) is 0 Å². The largest absolute Gasteiger partial charge is 0.508 e. The van der Waals surface area contributed by atoms with Crippen LogP contribution >= 0.6 is 0 Å². The average Bonchev–Trinajstić information content (AvgIpc) is 2.90. The van der Waals surface area contributed by atoms with Crippen molar-refractivity contribution < 1.29 is 23.0 Å². The molecule has 0 radical (unpaired) electrons. The van der Waals surface area contributed by atoms with Gasteiger partial charge in [-0.3, -0.25) is 0 Å². The summed E-state index contributed by atoms with van der Waals surface area (Å²) < 4.78 is 45.6. The van der Waals surface area contributed by atoms with E-state index in [1.54, 1.807) is 24.3 Å². The quantitative estimate of drug-likeness (QED) is 0.389. The standard InChI is InChI=1S/C30H33F3N2O2/c1-20(28-4-2-3-16-34-28)37-26-12-5-21(6-13-26)18-29-27-14-11-25(36)19-22(27)15-17-35(29)24-9-7-23(8-10-24)30(31,32)33/h5-14,19-20,28-29,34,36H,2-4,15-18H2,1H3. The number of benzene rings is 3. The molecule has 5 rings (SSSR count). The molecule has 2 heterocycles. The fraction of sp³-hybridized carbons (Fsp3) is 0.400. The normalized spacial score (nSPS) is 20.8. The van der Waals surface area contributed by atoms with Crippen LogP contribution in [-0.4, -0.2) is 30.3 Å². The van der Waals surface area contributed by atoms with Gasteiger partial charge < -0.3 is 20.1 Å². The number of fused-ring (bicyclic) bond motifs is 1. The Morgan fingerprint density at radius 3 is 2.46 bits per heavy atom. The molecular weight excluding hydrogens is 477 g/mol. The number of ether oxygens (including phenoxy) is 1. The molecule has 3 aromatic carbocycles. The van der Waals surface area contributed by atoms with Crippen molar-refractivity contribution in [3.05, 3.63) is 89.0 Å². The van der Waals surface area contributed by atoms with Crippen LogP contribution < -0.4 is 15.0 Å². The summed E-state index contributed by atoms with van der Waals surface area (Å²) in [5.74, 6) is 1.06. The van der Waals surface area contributed by atoms with Crippen LogP contribution in [0.15, 0.2) is 66.7 Å². The van der Waals surface area contributed by atoms with Crippen molar-refractivity contribution in [2.24, 2.45) is 0 Å². The monoisotopic (exact) mass is 510 g/mol. The van der Waals surface area contributed by atoms with E-state index in [1.807, 2.05) is 18.2 Å². The molecule has 0 spiro atoms. The number of rotatable bonds is 6.